The van der Waals surface area contributed by atoms with Gasteiger partial charge in [0.1, 0.15) is 10.7 Å². The molecule has 1 aliphatic carbocycles. The number of hydrogen-bond donors (Lipinski definition) is 2. The predicted molar refractivity (Wildman–Crippen MR) is 118 cm³/mol. The summed E-state index contributed by atoms with van der Waals surface area (Å²) in [5.74, 6) is 0.783. The Balaban J connectivity index is 1.48. The van der Waals surface area contributed by atoms with Gasteiger partial charge in [-0.15, -0.1) is 0 Å². The van der Waals surface area contributed by atoms with E-state index in [0.717, 1.165) is 54.9 Å². The molecule has 0 unspecified atom stereocenters. The molecule has 8 nitrogen and oxygen atoms in total. The molecule has 3 heterocycles. The molecule has 2 N–H and O–H groups in total. The third-order valence-corrected chi connectivity index (χ3v) is 8.06. The number of nitrogens with one attached hydrogen (secondary N) is 1. The summed E-state index contributed by atoms with van der Waals surface area (Å²) in [6.45, 7) is 4.44. The van der Waals surface area contributed by atoms with E-state index in [9.17, 15) is 13.5 Å². The second-order valence-electron chi connectivity index (χ2n) is 8.75. The number of aliphatic hydroxyl groups excluding tert-OH is 1. The number of rotatable bonds is 6. The van der Waals surface area contributed by atoms with Crippen LogP contribution in [0, 0.1) is 12.3 Å². The van der Waals surface area contributed by atoms with Crippen molar-refractivity contribution in [3.63, 3.8) is 0 Å². The number of sulfonamides is 1. The van der Waals surface area contributed by atoms with Crippen molar-refractivity contribution < 1.29 is 13.5 Å². The molecule has 3 aromatic rings. The minimum atomic E-state index is -3.76. The Hall–Kier alpha value is -2.49. The van der Waals surface area contributed by atoms with Crippen LogP contribution in [0.2, 0.25) is 0 Å². The highest BCUT2D eigenvalue weighted by Crippen LogP contribution is 2.40. The number of fused-ring (bicyclic) bond motifs is 2. The van der Waals surface area contributed by atoms with Gasteiger partial charge in [0.15, 0.2) is 0 Å². The SMILES string of the molecule is Cc1cc2n(n1)CCN(c1ncc(S(=O)(=O)NCC3(CO)CCC3)c3ccccc13)C2. The summed E-state index contributed by atoms with van der Waals surface area (Å²) >= 11 is 0. The second-order valence-corrected chi connectivity index (χ2v) is 10.5. The van der Waals surface area contributed by atoms with Crippen molar-refractivity contribution in [3.05, 3.63) is 47.9 Å². The topological polar surface area (TPSA) is 100 Å². The molecular formula is C22H27N5O3S. The molecule has 0 radical (unpaired) electrons. The van der Waals surface area contributed by atoms with E-state index in [4.69, 9.17) is 0 Å². The molecule has 1 aromatic carbocycles. The first-order valence-corrected chi connectivity index (χ1v) is 12.2. The maximum absolute atomic E-state index is 13.1. The molecular weight excluding hydrogens is 414 g/mol. The zero-order valence-electron chi connectivity index (χ0n) is 17.6. The number of aryl methyl sites for hydroxylation is 1. The molecule has 9 heteroatoms. The number of aliphatic hydroxyl groups is 1. The highest BCUT2D eigenvalue weighted by atomic mass is 32.2. The number of aromatic nitrogens is 3. The molecule has 164 valence electrons. The zero-order chi connectivity index (χ0) is 21.6. The molecule has 0 amide bonds. The van der Waals surface area contributed by atoms with Gasteiger partial charge in [0, 0.05) is 42.1 Å². The van der Waals surface area contributed by atoms with Gasteiger partial charge in [0.25, 0.3) is 0 Å². The van der Waals surface area contributed by atoms with Gasteiger partial charge in [-0.1, -0.05) is 30.7 Å². The van der Waals surface area contributed by atoms with Crippen molar-refractivity contribution >= 4 is 26.6 Å². The quantitative estimate of drug-likeness (QED) is 0.608. The largest absolute Gasteiger partial charge is 0.396 e. The summed E-state index contributed by atoms with van der Waals surface area (Å²) in [5, 5.41) is 15.6. The van der Waals surface area contributed by atoms with Gasteiger partial charge in [0.05, 0.1) is 24.5 Å². The Morgan fingerprint density at radius 2 is 1.97 bits per heavy atom. The zero-order valence-corrected chi connectivity index (χ0v) is 18.4. The monoisotopic (exact) mass is 441 g/mol. The van der Waals surface area contributed by atoms with Gasteiger partial charge in [-0.2, -0.15) is 5.10 Å². The molecule has 1 saturated carbocycles. The van der Waals surface area contributed by atoms with Crippen LogP contribution in [0.25, 0.3) is 10.8 Å². The molecule has 1 aliphatic heterocycles. The lowest BCUT2D eigenvalue weighted by atomic mass is 9.69. The highest BCUT2D eigenvalue weighted by Gasteiger charge is 2.37. The van der Waals surface area contributed by atoms with E-state index >= 15 is 0 Å². The molecule has 5 rings (SSSR count). The maximum Gasteiger partial charge on any atom is 0.242 e. The molecule has 0 atom stereocenters. The van der Waals surface area contributed by atoms with Crippen molar-refractivity contribution in [1.29, 1.82) is 0 Å². The first kappa shape index (κ1) is 20.4. The standard InChI is InChI=1S/C22H27N5O3S/c1-16-11-17-13-26(9-10-27(17)25-16)21-19-6-3-2-5-18(19)20(12-23-21)31(29,30)24-14-22(15-28)7-4-8-22/h2-3,5-6,11-12,24,28H,4,7-10,13-15H2,1H3. The van der Waals surface area contributed by atoms with Crippen molar-refractivity contribution in [2.75, 3.05) is 24.6 Å². The average molecular weight is 442 g/mol. The van der Waals surface area contributed by atoms with E-state index < -0.39 is 10.0 Å². The van der Waals surface area contributed by atoms with Crippen molar-refractivity contribution in [2.24, 2.45) is 5.41 Å². The normalized spacial score (nSPS) is 18.1. The van der Waals surface area contributed by atoms with Crippen LogP contribution in [0.4, 0.5) is 5.82 Å². The Kier molecular flexibility index (Phi) is 4.99. The Bertz CT molecular complexity index is 1230. The van der Waals surface area contributed by atoms with Crippen LogP contribution in [-0.4, -0.2) is 48.0 Å². The third kappa shape index (κ3) is 3.60. The molecule has 0 spiro atoms. The van der Waals surface area contributed by atoms with Gasteiger partial charge < -0.3 is 10.0 Å². The Morgan fingerprint density at radius 1 is 1.19 bits per heavy atom. The van der Waals surface area contributed by atoms with Crippen LogP contribution in [0.15, 0.2) is 41.4 Å². The van der Waals surface area contributed by atoms with E-state index in [-0.39, 0.29) is 23.5 Å². The van der Waals surface area contributed by atoms with Crippen LogP contribution in [-0.2, 0) is 23.1 Å². The van der Waals surface area contributed by atoms with Gasteiger partial charge in [-0.25, -0.2) is 18.1 Å². The van der Waals surface area contributed by atoms with Crippen molar-refractivity contribution in [2.45, 2.75) is 44.2 Å². The van der Waals surface area contributed by atoms with Crippen LogP contribution >= 0.6 is 0 Å². The predicted octanol–water partition coefficient (Wildman–Crippen LogP) is 2.20. The third-order valence-electron chi connectivity index (χ3n) is 6.63. The summed E-state index contributed by atoms with van der Waals surface area (Å²) in [6.07, 6.45) is 4.17. The van der Waals surface area contributed by atoms with Crippen LogP contribution in [0.5, 0.6) is 0 Å². The lowest BCUT2D eigenvalue weighted by Crippen LogP contribution is -2.44. The summed E-state index contributed by atoms with van der Waals surface area (Å²) in [6, 6.07) is 9.59. The number of pyridine rings is 1. The second kappa shape index (κ2) is 7.58. The lowest BCUT2D eigenvalue weighted by Gasteiger charge is -2.40. The fourth-order valence-corrected chi connectivity index (χ4v) is 5.91. The van der Waals surface area contributed by atoms with Crippen LogP contribution in [0.3, 0.4) is 0 Å². The minimum Gasteiger partial charge on any atom is -0.396 e. The summed E-state index contributed by atoms with van der Waals surface area (Å²) in [4.78, 5) is 6.96. The summed E-state index contributed by atoms with van der Waals surface area (Å²) in [5.41, 5.74) is 1.79. The van der Waals surface area contributed by atoms with Crippen LogP contribution < -0.4 is 9.62 Å². The fourth-order valence-electron chi connectivity index (χ4n) is 4.60. The van der Waals surface area contributed by atoms with Gasteiger partial charge in [-0.3, -0.25) is 4.68 Å². The van der Waals surface area contributed by atoms with E-state index in [1.165, 1.54) is 6.20 Å². The molecule has 0 bridgehead atoms. The molecule has 31 heavy (non-hydrogen) atoms. The van der Waals surface area contributed by atoms with E-state index in [0.29, 0.717) is 11.9 Å². The van der Waals surface area contributed by atoms with Gasteiger partial charge >= 0.3 is 0 Å². The summed E-state index contributed by atoms with van der Waals surface area (Å²) in [7, 11) is -3.76. The Morgan fingerprint density at radius 3 is 2.68 bits per heavy atom. The minimum absolute atomic E-state index is 0.00151. The van der Waals surface area contributed by atoms with E-state index in [1.54, 1.807) is 0 Å². The highest BCUT2D eigenvalue weighted by molar-refractivity contribution is 7.89. The number of anilines is 1. The Labute approximate surface area is 181 Å². The molecule has 2 aromatic heterocycles. The number of nitrogens with zero attached hydrogens (tertiary/aromatic N) is 4. The van der Waals surface area contributed by atoms with Crippen molar-refractivity contribution in [1.82, 2.24) is 19.5 Å². The van der Waals surface area contributed by atoms with Crippen molar-refractivity contribution in [3.8, 4) is 0 Å². The molecule has 0 saturated heterocycles. The molecule has 2 aliphatic rings. The average Bonchev–Trinajstić information content (AvgIpc) is 3.11. The fraction of sp³-hybridized carbons (Fsp3) is 0.455. The smallest absolute Gasteiger partial charge is 0.242 e. The number of benzene rings is 1. The van der Waals surface area contributed by atoms with E-state index in [2.05, 4.69) is 25.8 Å². The van der Waals surface area contributed by atoms with Gasteiger partial charge in [-0.05, 0) is 25.8 Å². The number of hydrogen-bond acceptors (Lipinski definition) is 6. The van der Waals surface area contributed by atoms with Crippen LogP contribution in [0.1, 0.15) is 30.7 Å². The van der Waals surface area contributed by atoms with E-state index in [1.807, 2.05) is 35.9 Å². The molecule has 1 fully saturated rings. The summed E-state index contributed by atoms with van der Waals surface area (Å²) < 4.78 is 31.0. The first-order valence-electron chi connectivity index (χ1n) is 10.7. The maximum atomic E-state index is 13.1. The first-order chi connectivity index (χ1) is 14.9. The lowest BCUT2D eigenvalue weighted by molar-refractivity contribution is 0.0499. The van der Waals surface area contributed by atoms with Gasteiger partial charge in [0.2, 0.25) is 10.0 Å².